The van der Waals surface area contributed by atoms with Crippen LogP contribution in [-0.4, -0.2) is 0 Å². The van der Waals surface area contributed by atoms with Gasteiger partial charge in [0.25, 0.3) is 0 Å². The van der Waals surface area contributed by atoms with Gasteiger partial charge in [-0.1, -0.05) is 67.9 Å². The van der Waals surface area contributed by atoms with E-state index < -0.39 is 0 Å². The van der Waals surface area contributed by atoms with Gasteiger partial charge in [-0.3, -0.25) is 0 Å². The third-order valence-electron chi connectivity index (χ3n) is 5.61. The van der Waals surface area contributed by atoms with E-state index in [1.54, 1.807) is 0 Å². The van der Waals surface area contributed by atoms with E-state index >= 15 is 0 Å². The molecule has 1 aliphatic rings. The van der Waals surface area contributed by atoms with E-state index in [1.165, 1.54) is 50.1 Å². The SMILES string of the molecule is Cc1ccc(C)c(-c2cc3c(cc2C)-c2ccccc2C3(C)C)c1. The summed E-state index contributed by atoms with van der Waals surface area (Å²) in [5, 5.41) is 0. The number of hydrogen-bond donors (Lipinski definition) is 0. The van der Waals surface area contributed by atoms with Gasteiger partial charge in [-0.25, -0.2) is 0 Å². The molecule has 0 unspecified atom stereocenters. The molecule has 0 nitrogen and oxygen atoms in total. The van der Waals surface area contributed by atoms with Gasteiger partial charge in [0.1, 0.15) is 0 Å². The molecule has 4 rings (SSSR count). The van der Waals surface area contributed by atoms with Gasteiger partial charge in [0.2, 0.25) is 0 Å². The first-order valence-corrected chi connectivity index (χ1v) is 8.72. The van der Waals surface area contributed by atoms with Crippen LogP contribution in [0.3, 0.4) is 0 Å². The van der Waals surface area contributed by atoms with E-state index in [-0.39, 0.29) is 5.41 Å². The topological polar surface area (TPSA) is 0 Å². The molecular weight excluding hydrogens is 288 g/mol. The molecule has 0 spiro atoms. The summed E-state index contributed by atoms with van der Waals surface area (Å²) in [5.74, 6) is 0. The first-order chi connectivity index (χ1) is 11.4. The van der Waals surface area contributed by atoms with Gasteiger partial charge >= 0.3 is 0 Å². The predicted octanol–water partition coefficient (Wildman–Crippen LogP) is 6.59. The van der Waals surface area contributed by atoms with Gasteiger partial charge in [-0.2, -0.15) is 0 Å². The van der Waals surface area contributed by atoms with E-state index in [0.29, 0.717) is 0 Å². The Balaban J connectivity index is 2.00. The number of fused-ring (bicyclic) bond motifs is 3. The van der Waals surface area contributed by atoms with Crippen LogP contribution in [0.2, 0.25) is 0 Å². The summed E-state index contributed by atoms with van der Waals surface area (Å²) in [5.41, 5.74) is 12.5. The fourth-order valence-corrected chi connectivity index (χ4v) is 4.17. The molecule has 0 amide bonds. The van der Waals surface area contributed by atoms with Gasteiger partial charge in [0.05, 0.1) is 0 Å². The Morgan fingerprint density at radius 1 is 0.583 bits per heavy atom. The fraction of sp³-hybridized carbons (Fsp3) is 0.250. The van der Waals surface area contributed by atoms with Crippen molar-refractivity contribution >= 4 is 0 Å². The van der Waals surface area contributed by atoms with E-state index in [4.69, 9.17) is 0 Å². The van der Waals surface area contributed by atoms with Crippen molar-refractivity contribution in [3.8, 4) is 22.3 Å². The zero-order valence-electron chi connectivity index (χ0n) is 15.2. The van der Waals surface area contributed by atoms with Crippen LogP contribution in [0.15, 0.2) is 54.6 Å². The Morgan fingerprint density at radius 3 is 2.08 bits per heavy atom. The van der Waals surface area contributed by atoms with Crippen molar-refractivity contribution in [1.82, 2.24) is 0 Å². The fourth-order valence-electron chi connectivity index (χ4n) is 4.17. The summed E-state index contributed by atoms with van der Waals surface area (Å²) in [4.78, 5) is 0. The first-order valence-electron chi connectivity index (χ1n) is 8.72. The summed E-state index contributed by atoms with van der Waals surface area (Å²) in [6.07, 6.45) is 0. The summed E-state index contributed by atoms with van der Waals surface area (Å²) in [6.45, 7) is 11.3. The molecule has 0 saturated carbocycles. The Labute approximate surface area is 145 Å². The lowest BCUT2D eigenvalue weighted by molar-refractivity contribution is 0.660. The molecular formula is C24H24. The van der Waals surface area contributed by atoms with E-state index in [0.717, 1.165) is 0 Å². The highest BCUT2D eigenvalue weighted by atomic mass is 14.4. The number of aryl methyl sites for hydroxylation is 3. The molecule has 0 aromatic heterocycles. The monoisotopic (exact) mass is 312 g/mol. The zero-order valence-corrected chi connectivity index (χ0v) is 15.2. The lowest BCUT2D eigenvalue weighted by Gasteiger charge is -2.23. The number of benzene rings is 3. The number of hydrogen-bond acceptors (Lipinski definition) is 0. The van der Waals surface area contributed by atoms with Gasteiger partial charge in [-0.15, -0.1) is 0 Å². The second-order valence-electron chi connectivity index (χ2n) is 7.70. The maximum Gasteiger partial charge on any atom is 0.0159 e. The Hall–Kier alpha value is -2.34. The highest BCUT2D eigenvalue weighted by molar-refractivity contribution is 5.85. The molecule has 0 saturated heterocycles. The maximum absolute atomic E-state index is 2.44. The molecule has 0 N–H and O–H groups in total. The maximum atomic E-state index is 2.44. The van der Waals surface area contributed by atoms with Crippen LogP contribution < -0.4 is 0 Å². The first kappa shape index (κ1) is 15.2. The highest BCUT2D eigenvalue weighted by Gasteiger charge is 2.35. The standard InChI is InChI=1S/C24H24/c1-15-10-11-16(2)19(12-15)20-14-23-21(13-17(20)3)18-8-6-7-9-22(18)24(23,4)5/h6-14H,1-5H3. The van der Waals surface area contributed by atoms with Gasteiger partial charge < -0.3 is 0 Å². The molecule has 0 heterocycles. The van der Waals surface area contributed by atoms with Crippen LogP contribution >= 0.6 is 0 Å². The second-order valence-corrected chi connectivity index (χ2v) is 7.70. The van der Waals surface area contributed by atoms with Crippen LogP contribution in [0.5, 0.6) is 0 Å². The van der Waals surface area contributed by atoms with Crippen LogP contribution in [-0.2, 0) is 5.41 Å². The minimum Gasteiger partial charge on any atom is -0.0619 e. The summed E-state index contributed by atoms with van der Waals surface area (Å²) < 4.78 is 0. The van der Waals surface area contributed by atoms with E-state index in [2.05, 4.69) is 89.2 Å². The quantitative estimate of drug-likeness (QED) is 0.476. The smallest absolute Gasteiger partial charge is 0.0159 e. The molecule has 0 atom stereocenters. The van der Waals surface area contributed by atoms with Gasteiger partial charge in [0.15, 0.2) is 0 Å². The molecule has 0 aliphatic heterocycles. The number of rotatable bonds is 1. The van der Waals surface area contributed by atoms with Gasteiger partial charge in [-0.05, 0) is 71.3 Å². The molecule has 3 aromatic carbocycles. The normalized spacial score (nSPS) is 14.4. The highest BCUT2D eigenvalue weighted by Crippen LogP contribution is 2.50. The third kappa shape index (κ3) is 2.06. The predicted molar refractivity (Wildman–Crippen MR) is 104 cm³/mol. The summed E-state index contributed by atoms with van der Waals surface area (Å²) >= 11 is 0. The summed E-state index contributed by atoms with van der Waals surface area (Å²) in [7, 11) is 0. The van der Waals surface area contributed by atoms with Crippen molar-refractivity contribution in [1.29, 1.82) is 0 Å². The van der Waals surface area contributed by atoms with Crippen LogP contribution in [0.25, 0.3) is 22.3 Å². The minimum atomic E-state index is 0.0616. The van der Waals surface area contributed by atoms with Crippen LogP contribution in [0.1, 0.15) is 41.7 Å². The molecule has 0 fully saturated rings. The Bertz CT molecular complexity index is 958. The molecule has 3 aromatic rings. The van der Waals surface area contributed by atoms with Crippen molar-refractivity contribution in [3.63, 3.8) is 0 Å². The van der Waals surface area contributed by atoms with Gasteiger partial charge in [0, 0.05) is 5.41 Å². The zero-order chi connectivity index (χ0) is 17.1. The average Bonchev–Trinajstić information content (AvgIpc) is 2.77. The largest absolute Gasteiger partial charge is 0.0619 e. The lowest BCUT2D eigenvalue weighted by Crippen LogP contribution is -2.15. The van der Waals surface area contributed by atoms with Crippen molar-refractivity contribution < 1.29 is 0 Å². The van der Waals surface area contributed by atoms with Crippen molar-refractivity contribution in [3.05, 3.63) is 82.4 Å². The average molecular weight is 312 g/mol. The van der Waals surface area contributed by atoms with Crippen LogP contribution in [0, 0.1) is 20.8 Å². The third-order valence-corrected chi connectivity index (χ3v) is 5.61. The molecule has 0 radical (unpaired) electrons. The van der Waals surface area contributed by atoms with Crippen LogP contribution in [0.4, 0.5) is 0 Å². The minimum absolute atomic E-state index is 0.0616. The Morgan fingerprint density at radius 2 is 1.29 bits per heavy atom. The molecule has 0 heteroatoms. The lowest BCUT2D eigenvalue weighted by atomic mass is 9.80. The molecule has 0 bridgehead atoms. The molecule has 1 aliphatic carbocycles. The molecule has 24 heavy (non-hydrogen) atoms. The molecule has 120 valence electrons. The van der Waals surface area contributed by atoms with Crippen molar-refractivity contribution in [2.75, 3.05) is 0 Å². The van der Waals surface area contributed by atoms with Crippen molar-refractivity contribution in [2.45, 2.75) is 40.0 Å². The van der Waals surface area contributed by atoms with E-state index in [9.17, 15) is 0 Å². The van der Waals surface area contributed by atoms with E-state index in [1.807, 2.05) is 0 Å². The second kappa shape index (κ2) is 5.08. The summed E-state index contributed by atoms with van der Waals surface area (Å²) in [6, 6.07) is 20.4. The van der Waals surface area contributed by atoms with Crippen molar-refractivity contribution in [2.24, 2.45) is 0 Å². The Kier molecular flexibility index (Phi) is 3.22.